The van der Waals surface area contributed by atoms with E-state index in [9.17, 15) is 5.11 Å². The van der Waals surface area contributed by atoms with Crippen LogP contribution in [0.3, 0.4) is 0 Å². The van der Waals surface area contributed by atoms with Gasteiger partial charge in [0.05, 0.1) is 0 Å². The molecule has 2 atom stereocenters. The highest BCUT2D eigenvalue weighted by molar-refractivity contribution is 5.31. The number of hydrogen-bond donors (Lipinski definition) is 1. The lowest BCUT2D eigenvalue weighted by Gasteiger charge is -2.30. The molecule has 2 rings (SSSR count). The van der Waals surface area contributed by atoms with E-state index in [0.29, 0.717) is 11.7 Å². The van der Waals surface area contributed by atoms with Gasteiger partial charge in [0, 0.05) is 5.56 Å². The molecule has 0 saturated carbocycles. The molecular weight excluding hydrogens is 272 g/mol. The highest BCUT2D eigenvalue weighted by Gasteiger charge is 2.24. The van der Waals surface area contributed by atoms with Crippen molar-refractivity contribution >= 4 is 0 Å². The summed E-state index contributed by atoms with van der Waals surface area (Å²) < 4.78 is 5.61. The number of ether oxygens (including phenoxy) is 1. The molecule has 0 aliphatic rings. The van der Waals surface area contributed by atoms with E-state index in [4.69, 9.17) is 4.74 Å². The van der Waals surface area contributed by atoms with Crippen LogP contribution in [0.5, 0.6) is 5.75 Å². The van der Waals surface area contributed by atoms with E-state index in [1.165, 1.54) is 5.56 Å². The minimum absolute atomic E-state index is 0.237. The quantitative estimate of drug-likeness (QED) is 0.759. The third-order valence-electron chi connectivity index (χ3n) is 4.07. The van der Waals surface area contributed by atoms with Crippen LogP contribution in [0.25, 0.3) is 0 Å². The van der Waals surface area contributed by atoms with Gasteiger partial charge in [-0.3, -0.25) is 0 Å². The molecule has 0 aliphatic heterocycles. The van der Waals surface area contributed by atoms with Crippen molar-refractivity contribution in [2.45, 2.75) is 46.3 Å². The zero-order valence-corrected chi connectivity index (χ0v) is 13.9. The molecule has 0 aromatic heterocycles. The maximum absolute atomic E-state index is 10.1. The van der Waals surface area contributed by atoms with Crippen LogP contribution >= 0.6 is 0 Å². The van der Waals surface area contributed by atoms with Gasteiger partial charge in [-0.05, 0) is 35.4 Å². The lowest BCUT2D eigenvalue weighted by atomic mass is 9.75. The molecule has 0 fully saturated rings. The van der Waals surface area contributed by atoms with Crippen LogP contribution in [0.2, 0.25) is 0 Å². The molecule has 118 valence electrons. The fourth-order valence-electron chi connectivity index (χ4n) is 2.94. The molecule has 0 spiro atoms. The van der Waals surface area contributed by atoms with E-state index in [1.54, 1.807) is 0 Å². The first-order valence-corrected chi connectivity index (χ1v) is 7.91. The van der Waals surface area contributed by atoms with Crippen molar-refractivity contribution in [3.63, 3.8) is 0 Å². The number of hydrogen-bond acceptors (Lipinski definition) is 2. The summed E-state index contributed by atoms with van der Waals surface area (Å²) in [6.07, 6.45) is 0.174. The van der Waals surface area contributed by atoms with Crippen molar-refractivity contribution in [2.75, 3.05) is 0 Å². The summed E-state index contributed by atoms with van der Waals surface area (Å²) >= 11 is 0. The Morgan fingerprint density at radius 2 is 1.50 bits per heavy atom. The number of aliphatic hydroxyl groups is 1. The molecule has 2 aromatic rings. The Balaban J connectivity index is 2.09. The Kier molecular flexibility index (Phi) is 5.25. The highest BCUT2D eigenvalue weighted by Crippen LogP contribution is 2.38. The van der Waals surface area contributed by atoms with Gasteiger partial charge < -0.3 is 9.84 Å². The Hall–Kier alpha value is -1.80. The average Bonchev–Trinajstić information content (AvgIpc) is 2.49. The third kappa shape index (κ3) is 4.11. The molecule has 2 unspecified atom stereocenters. The third-order valence-corrected chi connectivity index (χ3v) is 4.07. The van der Waals surface area contributed by atoms with E-state index < -0.39 is 6.29 Å². The van der Waals surface area contributed by atoms with E-state index >= 15 is 0 Å². The first-order valence-electron chi connectivity index (χ1n) is 7.91. The molecule has 0 amide bonds. The standard InChI is InChI=1S/C20H26O2/c1-5-18(20(2,3)4)15-11-13-17(14-12-15)22-19(21)16-9-7-6-8-10-16/h6-14,18-19,21H,5H2,1-4H3. The Bertz CT molecular complexity index is 567. The Morgan fingerprint density at radius 3 is 2.00 bits per heavy atom. The molecule has 0 aliphatic carbocycles. The summed E-state index contributed by atoms with van der Waals surface area (Å²) in [5.41, 5.74) is 2.31. The summed E-state index contributed by atoms with van der Waals surface area (Å²) in [6, 6.07) is 17.5. The average molecular weight is 298 g/mol. The van der Waals surface area contributed by atoms with Gasteiger partial charge in [0.2, 0.25) is 6.29 Å². The minimum Gasteiger partial charge on any atom is -0.461 e. The van der Waals surface area contributed by atoms with Gasteiger partial charge in [-0.25, -0.2) is 0 Å². The second kappa shape index (κ2) is 6.97. The van der Waals surface area contributed by atoms with Crippen molar-refractivity contribution in [2.24, 2.45) is 5.41 Å². The maximum Gasteiger partial charge on any atom is 0.224 e. The lowest BCUT2D eigenvalue weighted by molar-refractivity contribution is -0.0194. The largest absolute Gasteiger partial charge is 0.461 e. The Morgan fingerprint density at radius 1 is 0.909 bits per heavy atom. The first kappa shape index (κ1) is 16.6. The fourth-order valence-corrected chi connectivity index (χ4v) is 2.94. The molecule has 1 N–H and O–H groups in total. The predicted molar refractivity (Wildman–Crippen MR) is 91.0 cm³/mol. The number of aliphatic hydroxyl groups excluding tert-OH is 1. The van der Waals surface area contributed by atoms with E-state index in [2.05, 4.69) is 39.8 Å². The van der Waals surface area contributed by atoms with Gasteiger partial charge in [0.15, 0.2) is 0 Å². The van der Waals surface area contributed by atoms with Crippen molar-refractivity contribution in [1.29, 1.82) is 0 Å². The smallest absolute Gasteiger partial charge is 0.224 e. The molecule has 0 radical (unpaired) electrons. The molecule has 2 nitrogen and oxygen atoms in total. The summed E-state index contributed by atoms with van der Waals surface area (Å²) in [4.78, 5) is 0. The minimum atomic E-state index is -0.934. The van der Waals surface area contributed by atoms with Gasteiger partial charge in [0.25, 0.3) is 0 Å². The van der Waals surface area contributed by atoms with Crippen molar-refractivity contribution in [3.05, 3.63) is 65.7 Å². The van der Waals surface area contributed by atoms with Gasteiger partial charge >= 0.3 is 0 Å². The second-order valence-corrected chi connectivity index (χ2v) is 6.78. The SMILES string of the molecule is CCC(c1ccc(OC(O)c2ccccc2)cc1)C(C)(C)C. The van der Waals surface area contributed by atoms with Crippen LogP contribution < -0.4 is 4.74 Å². The summed E-state index contributed by atoms with van der Waals surface area (Å²) in [5.74, 6) is 1.20. The maximum atomic E-state index is 10.1. The summed E-state index contributed by atoms with van der Waals surface area (Å²) in [6.45, 7) is 9.03. The van der Waals surface area contributed by atoms with Crippen LogP contribution in [0, 0.1) is 5.41 Å². The van der Waals surface area contributed by atoms with Crippen LogP contribution in [-0.2, 0) is 0 Å². The molecule has 2 heteroatoms. The summed E-state index contributed by atoms with van der Waals surface area (Å²) in [5, 5.41) is 10.1. The van der Waals surface area contributed by atoms with Crippen LogP contribution in [-0.4, -0.2) is 5.11 Å². The van der Waals surface area contributed by atoms with Crippen molar-refractivity contribution < 1.29 is 9.84 Å². The van der Waals surface area contributed by atoms with Gasteiger partial charge in [-0.2, -0.15) is 0 Å². The number of benzene rings is 2. The lowest BCUT2D eigenvalue weighted by Crippen LogP contribution is -2.17. The van der Waals surface area contributed by atoms with Gasteiger partial charge in [-0.15, -0.1) is 0 Å². The van der Waals surface area contributed by atoms with Crippen LogP contribution in [0.1, 0.15) is 57.5 Å². The van der Waals surface area contributed by atoms with E-state index in [0.717, 1.165) is 12.0 Å². The van der Waals surface area contributed by atoms with Gasteiger partial charge in [-0.1, -0.05) is 70.2 Å². The highest BCUT2D eigenvalue weighted by atomic mass is 16.6. The topological polar surface area (TPSA) is 29.5 Å². The fraction of sp³-hybridized carbons (Fsp3) is 0.400. The molecule has 2 aromatic carbocycles. The molecule has 22 heavy (non-hydrogen) atoms. The Labute approximate surface area is 133 Å². The second-order valence-electron chi connectivity index (χ2n) is 6.78. The molecular formula is C20H26O2. The zero-order chi connectivity index (χ0) is 16.2. The van der Waals surface area contributed by atoms with Crippen LogP contribution in [0.15, 0.2) is 54.6 Å². The molecule has 0 bridgehead atoms. The zero-order valence-electron chi connectivity index (χ0n) is 13.9. The normalized spacial score (nSPS) is 14.4. The monoisotopic (exact) mass is 298 g/mol. The van der Waals surface area contributed by atoms with Gasteiger partial charge in [0.1, 0.15) is 5.75 Å². The van der Waals surface area contributed by atoms with E-state index in [-0.39, 0.29) is 5.41 Å². The first-order chi connectivity index (χ1) is 10.4. The van der Waals surface area contributed by atoms with E-state index in [1.807, 2.05) is 42.5 Å². The van der Waals surface area contributed by atoms with Crippen molar-refractivity contribution in [1.82, 2.24) is 0 Å². The predicted octanol–water partition coefficient (Wildman–Crippen LogP) is 5.30. The van der Waals surface area contributed by atoms with Crippen molar-refractivity contribution in [3.8, 4) is 5.75 Å². The summed E-state index contributed by atoms with van der Waals surface area (Å²) in [7, 11) is 0. The molecule has 0 heterocycles. The molecule has 0 saturated heterocycles. The van der Waals surface area contributed by atoms with Crippen LogP contribution in [0.4, 0.5) is 0 Å². The number of rotatable bonds is 5.